The van der Waals surface area contributed by atoms with Gasteiger partial charge in [0.15, 0.2) is 5.78 Å². The van der Waals surface area contributed by atoms with Crippen LogP contribution in [-0.4, -0.2) is 48.9 Å². The van der Waals surface area contributed by atoms with Crippen LogP contribution in [0, 0.1) is 0 Å². The molecule has 4 rings (SSSR count). The number of aryl methyl sites for hydroxylation is 1. The molecule has 2 aliphatic rings. The predicted octanol–water partition coefficient (Wildman–Crippen LogP) is 3.81. The highest BCUT2D eigenvalue weighted by Gasteiger charge is 2.22. The van der Waals surface area contributed by atoms with Crippen LogP contribution in [0.15, 0.2) is 46.6 Å². The third kappa shape index (κ3) is 3.60. The summed E-state index contributed by atoms with van der Waals surface area (Å²) in [6.07, 6.45) is 5.56. The van der Waals surface area contributed by atoms with Crippen molar-refractivity contribution in [1.29, 1.82) is 0 Å². The topological polar surface area (TPSA) is 36.4 Å². The summed E-state index contributed by atoms with van der Waals surface area (Å²) in [7, 11) is 2.15. The third-order valence-corrected chi connectivity index (χ3v) is 5.70. The Morgan fingerprint density at radius 1 is 1.08 bits per heavy atom. The molecule has 26 heavy (non-hydrogen) atoms. The number of allylic oxidation sites excluding steroid dienone is 1. The van der Waals surface area contributed by atoms with Gasteiger partial charge in [0.2, 0.25) is 0 Å². The molecule has 1 fully saturated rings. The molecule has 1 saturated heterocycles. The molecule has 0 spiro atoms. The van der Waals surface area contributed by atoms with E-state index in [-0.39, 0.29) is 5.78 Å². The fourth-order valence-electron chi connectivity index (χ4n) is 3.59. The van der Waals surface area contributed by atoms with Crippen LogP contribution in [0.25, 0.3) is 6.08 Å². The molecule has 0 N–H and O–H groups in total. The summed E-state index contributed by atoms with van der Waals surface area (Å²) in [4.78, 5) is 22.0. The normalized spacial score (nSPS) is 19.7. The number of carbonyl (C=O) groups is 1. The summed E-state index contributed by atoms with van der Waals surface area (Å²) in [6.45, 7) is 4.15. The molecule has 5 heteroatoms. The maximum atomic E-state index is 12.8. The van der Waals surface area contributed by atoms with E-state index in [1.165, 1.54) is 0 Å². The number of Topliss-reactive ketones (excluding diaryl/α,β-unsaturated/α-hetero) is 1. The van der Waals surface area contributed by atoms with Crippen LogP contribution in [0.2, 0.25) is 0 Å². The number of hydrogen-bond acceptors (Lipinski definition) is 4. The van der Waals surface area contributed by atoms with Crippen molar-refractivity contribution in [3.05, 3.63) is 63.3 Å². The lowest BCUT2D eigenvalue weighted by atomic mass is 9.86. The second-order valence-corrected chi connectivity index (χ2v) is 7.96. The molecule has 0 atom stereocenters. The molecule has 0 radical (unpaired) electrons. The maximum absolute atomic E-state index is 12.8. The molecule has 1 aliphatic heterocycles. The number of likely N-dealkylation sites (N-methyl/N-ethyl adjacent to an activating group) is 1. The monoisotopic (exact) mass is 411 g/mol. The minimum atomic E-state index is 0.141. The van der Waals surface area contributed by atoms with Crippen molar-refractivity contribution in [2.75, 3.05) is 38.1 Å². The molecular formula is C21H22BrN3O. The Kier molecular flexibility index (Phi) is 4.92. The lowest BCUT2D eigenvalue weighted by molar-refractivity contribution is 0.102. The van der Waals surface area contributed by atoms with E-state index in [1.807, 2.05) is 24.4 Å². The zero-order valence-corrected chi connectivity index (χ0v) is 16.5. The zero-order chi connectivity index (χ0) is 18.1. The van der Waals surface area contributed by atoms with Crippen LogP contribution >= 0.6 is 15.9 Å². The van der Waals surface area contributed by atoms with E-state index in [0.717, 1.165) is 71.6 Å². The molecule has 2 heterocycles. The minimum absolute atomic E-state index is 0.141. The first-order valence-corrected chi connectivity index (χ1v) is 9.83. The Labute approximate surface area is 162 Å². The quantitative estimate of drug-likeness (QED) is 0.703. The van der Waals surface area contributed by atoms with Crippen molar-refractivity contribution in [2.24, 2.45) is 0 Å². The molecule has 1 aromatic heterocycles. The highest BCUT2D eigenvalue weighted by molar-refractivity contribution is 9.10. The van der Waals surface area contributed by atoms with Gasteiger partial charge in [-0.3, -0.25) is 4.79 Å². The zero-order valence-electron chi connectivity index (χ0n) is 14.9. The van der Waals surface area contributed by atoms with Gasteiger partial charge in [-0.15, -0.1) is 0 Å². The fourth-order valence-corrected chi connectivity index (χ4v) is 4.00. The number of halogens is 1. The van der Waals surface area contributed by atoms with Crippen LogP contribution in [0.1, 0.15) is 27.9 Å². The largest absolute Gasteiger partial charge is 0.354 e. The van der Waals surface area contributed by atoms with E-state index in [4.69, 9.17) is 0 Å². The number of rotatable bonds is 2. The first kappa shape index (κ1) is 17.4. The van der Waals surface area contributed by atoms with E-state index in [1.54, 1.807) is 0 Å². The number of aromatic nitrogens is 1. The van der Waals surface area contributed by atoms with Gasteiger partial charge in [-0.25, -0.2) is 4.98 Å². The van der Waals surface area contributed by atoms with E-state index in [2.05, 4.69) is 56.0 Å². The van der Waals surface area contributed by atoms with Gasteiger partial charge in [0.05, 0.1) is 0 Å². The Bertz CT molecular complexity index is 852. The number of piperazine rings is 1. The van der Waals surface area contributed by atoms with Gasteiger partial charge in [0.25, 0.3) is 0 Å². The van der Waals surface area contributed by atoms with Gasteiger partial charge in [0.1, 0.15) is 5.82 Å². The van der Waals surface area contributed by atoms with Gasteiger partial charge in [0, 0.05) is 48.0 Å². The second kappa shape index (κ2) is 7.33. The molecule has 1 aromatic carbocycles. The molecule has 2 aromatic rings. The second-order valence-electron chi connectivity index (χ2n) is 7.04. The first-order valence-electron chi connectivity index (χ1n) is 9.03. The first-order chi connectivity index (χ1) is 12.6. The van der Waals surface area contributed by atoms with Crippen molar-refractivity contribution < 1.29 is 4.79 Å². The average molecular weight is 412 g/mol. The summed E-state index contributed by atoms with van der Waals surface area (Å²) in [6, 6.07) is 10.0. The Morgan fingerprint density at radius 2 is 1.88 bits per heavy atom. The predicted molar refractivity (Wildman–Crippen MR) is 109 cm³/mol. The summed E-state index contributed by atoms with van der Waals surface area (Å²) < 4.78 is 1.03. The third-order valence-electron chi connectivity index (χ3n) is 5.21. The number of hydrogen-bond donors (Lipinski definition) is 0. The van der Waals surface area contributed by atoms with Crippen LogP contribution in [0.3, 0.4) is 0 Å². The smallest absolute Gasteiger partial charge is 0.189 e. The van der Waals surface area contributed by atoms with Crippen LogP contribution < -0.4 is 4.90 Å². The van der Waals surface area contributed by atoms with Gasteiger partial charge >= 0.3 is 0 Å². The molecule has 4 nitrogen and oxygen atoms in total. The summed E-state index contributed by atoms with van der Waals surface area (Å²) >= 11 is 3.48. The number of carbonyl (C=O) groups excluding carboxylic acids is 1. The molecule has 0 unspecified atom stereocenters. The maximum Gasteiger partial charge on any atom is 0.189 e. The summed E-state index contributed by atoms with van der Waals surface area (Å²) in [5.74, 6) is 1.16. The van der Waals surface area contributed by atoms with Gasteiger partial charge < -0.3 is 9.80 Å². The lowest BCUT2D eigenvalue weighted by Gasteiger charge is -2.33. The number of fused-ring (bicyclic) bond motifs is 1. The Balaban J connectivity index is 1.52. The Morgan fingerprint density at radius 3 is 2.62 bits per heavy atom. The van der Waals surface area contributed by atoms with Gasteiger partial charge in [-0.2, -0.15) is 0 Å². The number of pyridine rings is 1. The average Bonchev–Trinajstić information content (AvgIpc) is 2.65. The van der Waals surface area contributed by atoms with E-state index >= 15 is 0 Å². The molecular weight excluding hydrogens is 390 g/mol. The molecule has 0 saturated carbocycles. The van der Waals surface area contributed by atoms with Crippen molar-refractivity contribution in [3.63, 3.8) is 0 Å². The van der Waals surface area contributed by atoms with Crippen molar-refractivity contribution in [3.8, 4) is 0 Å². The highest BCUT2D eigenvalue weighted by Crippen LogP contribution is 2.29. The number of nitrogens with zero attached hydrogens (tertiary/aromatic N) is 3. The standard InChI is InChI=1S/C21H22BrN3O/c1-24-8-10-25(11-9-24)20-7-2-15(14-23-20)12-17-4-3-16-13-18(22)5-6-19(16)21(17)26/h2,5-7,12-14H,3-4,8-11H2,1H3/b17-12+. The van der Waals surface area contributed by atoms with Crippen molar-refractivity contribution >= 4 is 33.6 Å². The van der Waals surface area contributed by atoms with Gasteiger partial charge in [-0.1, -0.05) is 15.9 Å². The van der Waals surface area contributed by atoms with E-state index in [0.29, 0.717) is 0 Å². The number of anilines is 1. The number of benzene rings is 1. The minimum Gasteiger partial charge on any atom is -0.354 e. The fraction of sp³-hybridized carbons (Fsp3) is 0.333. The molecule has 134 valence electrons. The lowest BCUT2D eigenvalue weighted by Crippen LogP contribution is -2.44. The SMILES string of the molecule is CN1CCN(c2ccc(/C=C3\CCc4cc(Br)ccc4C3=O)cn2)CC1. The molecule has 1 aliphatic carbocycles. The van der Waals surface area contributed by atoms with Crippen molar-refractivity contribution in [1.82, 2.24) is 9.88 Å². The van der Waals surface area contributed by atoms with Crippen LogP contribution in [0.5, 0.6) is 0 Å². The summed E-state index contributed by atoms with van der Waals surface area (Å²) in [5, 5.41) is 0. The van der Waals surface area contributed by atoms with Crippen LogP contribution in [-0.2, 0) is 6.42 Å². The van der Waals surface area contributed by atoms with Gasteiger partial charge in [-0.05, 0) is 67.4 Å². The highest BCUT2D eigenvalue weighted by atomic mass is 79.9. The van der Waals surface area contributed by atoms with Crippen LogP contribution in [0.4, 0.5) is 5.82 Å². The molecule has 0 bridgehead atoms. The van der Waals surface area contributed by atoms with E-state index < -0.39 is 0 Å². The summed E-state index contributed by atoms with van der Waals surface area (Å²) in [5.41, 5.74) is 3.82. The van der Waals surface area contributed by atoms with Crippen molar-refractivity contribution in [2.45, 2.75) is 12.8 Å². The number of ketones is 1. The van der Waals surface area contributed by atoms with E-state index in [9.17, 15) is 4.79 Å². The molecule has 0 amide bonds. The Hall–Kier alpha value is -1.98.